The van der Waals surface area contributed by atoms with Crippen molar-refractivity contribution >= 4 is 18.3 Å². The molecular weight excluding hydrogens is 368 g/mol. The number of carbonyl (C=O) groups is 1. The minimum atomic E-state index is -0.141. The van der Waals surface area contributed by atoms with E-state index < -0.39 is 0 Å². The van der Waals surface area contributed by atoms with Crippen molar-refractivity contribution in [3.8, 4) is 5.75 Å². The van der Waals surface area contributed by atoms with Crippen LogP contribution >= 0.6 is 12.4 Å². The van der Waals surface area contributed by atoms with Gasteiger partial charge in [0, 0.05) is 19.6 Å². The Balaban J connectivity index is 0.00000261. The largest absolute Gasteiger partial charge is 0.483 e. The predicted octanol–water partition coefficient (Wildman–Crippen LogP) is 2.89. The summed E-state index contributed by atoms with van der Waals surface area (Å²) >= 11 is 0. The summed E-state index contributed by atoms with van der Waals surface area (Å²) < 4.78 is 16.7. The first kappa shape index (κ1) is 21.3. The average Bonchev–Trinajstić information content (AvgIpc) is 3.17. The van der Waals surface area contributed by atoms with Gasteiger partial charge in [0.05, 0.1) is 25.5 Å². The highest BCUT2D eigenvalue weighted by Crippen LogP contribution is 2.23. The van der Waals surface area contributed by atoms with Crippen LogP contribution in [0.5, 0.6) is 5.75 Å². The zero-order valence-electron chi connectivity index (χ0n) is 15.8. The summed E-state index contributed by atoms with van der Waals surface area (Å²) in [4.78, 5) is 14.6. The number of halogens is 1. The van der Waals surface area contributed by atoms with Gasteiger partial charge in [0.2, 0.25) is 0 Å². The SMILES string of the molecule is Cc1cccc(C)c1OCC(=O)NCC(c1ccco1)N1CCOCC1.Cl. The maximum atomic E-state index is 12.3. The monoisotopic (exact) mass is 394 g/mol. The van der Waals surface area contributed by atoms with Gasteiger partial charge in [-0.05, 0) is 37.1 Å². The number of benzene rings is 1. The topological polar surface area (TPSA) is 63.9 Å². The normalized spacial score (nSPS) is 15.6. The zero-order valence-corrected chi connectivity index (χ0v) is 16.6. The van der Waals surface area contributed by atoms with Crippen LogP contribution in [0.2, 0.25) is 0 Å². The summed E-state index contributed by atoms with van der Waals surface area (Å²) in [7, 11) is 0. The second-order valence-electron chi connectivity index (χ2n) is 6.49. The molecule has 0 bridgehead atoms. The van der Waals surface area contributed by atoms with E-state index in [4.69, 9.17) is 13.9 Å². The first-order valence-electron chi connectivity index (χ1n) is 8.96. The molecule has 0 radical (unpaired) electrons. The molecule has 27 heavy (non-hydrogen) atoms. The van der Waals surface area contributed by atoms with E-state index in [0.717, 1.165) is 35.7 Å². The Morgan fingerprint density at radius 1 is 1.19 bits per heavy atom. The molecule has 1 atom stereocenters. The van der Waals surface area contributed by atoms with Crippen LogP contribution < -0.4 is 10.1 Å². The van der Waals surface area contributed by atoms with E-state index in [-0.39, 0.29) is 31.0 Å². The van der Waals surface area contributed by atoms with Crippen LogP contribution in [0.25, 0.3) is 0 Å². The van der Waals surface area contributed by atoms with E-state index in [1.807, 2.05) is 44.2 Å². The maximum Gasteiger partial charge on any atom is 0.258 e. The molecule has 1 aromatic heterocycles. The first-order valence-corrected chi connectivity index (χ1v) is 8.96. The second kappa shape index (κ2) is 10.3. The molecule has 0 spiro atoms. The van der Waals surface area contributed by atoms with Gasteiger partial charge >= 0.3 is 0 Å². The fraction of sp³-hybridized carbons (Fsp3) is 0.450. The maximum absolute atomic E-state index is 12.3. The molecule has 1 amide bonds. The minimum Gasteiger partial charge on any atom is -0.483 e. The molecule has 148 valence electrons. The zero-order chi connectivity index (χ0) is 18.4. The summed E-state index contributed by atoms with van der Waals surface area (Å²) in [6.07, 6.45) is 1.66. The molecule has 2 aromatic rings. The highest BCUT2D eigenvalue weighted by Gasteiger charge is 2.25. The minimum absolute atomic E-state index is 0. The van der Waals surface area contributed by atoms with Gasteiger partial charge in [-0.2, -0.15) is 0 Å². The van der Waals surface area contributed by atoms with Crippen LogP contribution in [0.1, 0.15) is 22.9 Å². The first-order chi connectivity index (χ1) is 12.6. The van der Waals surface area contributed by atoms with Gasteiger partial charge in [-0.15, -0.1) is 12.4 Å². The van der Waals surface area contributed by atoms with Crippen LogP contribution in [0, 0.1) is 13.8 Å². The Morgan fingerprint density at radius 2 is 1.89 bits per heavy atom. The number of amides is 1. The van der Waals surface area contributed by atoms with Crippen molar-refractivity contribution in [1.29, 1.82) is 0 Å². The van der Waals surface area contributed by atoms with Gasteiger partial charge in [-0.25, -0.2) is 0 Å². The van der Waals surface area contributed by atoms with Crippen molar-refractivity contribution in [3.05, 3.63) is 53.5 Å². The number of carbonyl (C=O) groups excluding carboxylic acids is 1. The van der Waals surface area contributed by atoms with Crippen molar-refractivity contribution < 1.29 is 18.7 Å². The fourth-order valence-corrected chi connectivity index (χ4v) is 3.21. The Hall–Kier alpha value is -2.02. The van der Waals surface area contributed by atoms with E-state index >= 15 is 0 Å². The Morgan fingerprint density at radius 3 is 2.52 bits per heavy atom. The van der Waals surface area contributed by atoms with Gasteiger partial charge in [0.1, 0.15) is 11.5 Å². The lowest BCUT2D eigenvalue weighted by molar-refractivity contribution is -0.123. The summed E-state index contributed by atoms with van der Waals surface area (Å²) in [5.41, 5.74) is 2.05. The fourth-order valence-electron chi connectivity index (χ4n) is 3.21. The van der Waals surface area contributed by atoms with Crippen molar-refractivity contribution in [2.45, 2.75) is 19.9 Å². The number of morpholine rings is 1. The number of aryl methyl sites for hydroxylation is 2. The lowest BCUT2D eigenvalue weighted by Crippen LogP contribution is -2.44. The average molecular weight is 395 g/mol. The van der Waals surface area contributed by atoms with Gasteiger partial charge in [0.25, 0.3) is 5.91 Å². The summed E-state index contributed by atoms with van der Waals surface area (Å²) in [6.45, 7) is 7.46. The number of ether oxygens (including phenoxy) is 2. The smallest absolute Gasteiger partial charge is 0.258 e. The number of nitrogens with zero attached hydrogens (tertiary/aromatic N) is 1. The van der Waals surface area contributed by atoms with E-state index in [1.165, 1.54) is 0 Å². The highest BCUT2D eigenvalue weighted by molar-refractivity contribution is 5.85. The number of hydrogen-bond acceptors (Lipinski definition) is 5. The van der Waals surface area contributed by atoms with Crippen LogP contribution in [-0.4, -0.2) is 50.3 Å². The molecule has 1 aliphatic heterocycles. The molecule has 7 heteroatoms. The van der Waals surface area contributed by atoms with Gasteiger partial charge in [-0.3, -0.25) is 9.69 Å². The Bertz CT molecular complexity index is 695. The van der Waals surface area contributed by atoms with Crippen molar-refractivity contribution in [2.75, 3.05) is 39.5 Å². The summed E-state index contributed by atoms with van der Waals surface area (Å²) in [6, 6.07) is 9.75. The van der Waals surface area contributed by atoms with E-state index in [1.54, 1.807) is 6.26 Å². The number of rotatable bonds is 7. The molecular formula is C20H27ClN2O4. The van der Waals surface area contributed by atoms with Crippen LogP contribution in [0.3, 0.4) is 0 Å². The number of nitrogens with one attached hydrogen (secondary N) is 1. The quantitative estimate of drug-likeness (QED) is 0.782. The molecule has 1 N–H and O–H groups in total. The third-order valence-electron chi connectivity index (χ3n) is 4.61. The number of furan rings is 1. The van der Waals surface area contributed by atoms with Crippen molar-refractivity contribution in [3.63, 3.8) is 0 Å². The molecule has 1 saturated heterocycles. The number of hydrogen-bond donors (Lipinski definition) is 1. The molecule has 3 rings (SSSR count). The second-order valence-corrected chi connectivity index (χ2v) is 6.49. The standard InChI is InChI=1S/C20H26N2O4.ClH/c1-15-5-3-6-16(2)20(15)26-14-19(23)21-13-17(18-7-4-10-25-18)22-8-11-24-12-9-22;/h3-7,10,17H,8-9,11-14H2,1-2H3,(H,21,23);1H. The number of para-hydroxylation sites is 1. The van der Waals surface area contributed by atoms with Crippen molar-refractivity contribution in [1.82, 2.24) is 10.2 Å². The lowest BCUT2D eigenvalue weighted by Gasteiger charge is -2.33. The van der Waals surface area contributed by atoms with Crippen molar-refractivity contribution in [2.24, 2.45) is 0 Å². The molecule has 1 unspecified atom stereocenters. The van der Waals surface area contributed by atoms with Gasteiger partial charge < -0.3 is 19.2 Å². The Labute approximate surface area is 166 Å². The summed E-state index contributed by atoms with van der Waals surface area (Å²) in [5, 5.41) is 2.97. The lowest BCUT2D eigenvalue weighted by atomic mass is 10.1. The molecule has 1 aliphatic rings. The molecule has 0 saturated carbocycles. The van der Waals surface area contributed by atoms with Crippen LogP contribution in [-0.2, 0) is 9.53 Å². The third kappa shape index (κ3) is 5.73. The molecule has 1 aromatic carbocycles. The summed E-state index contributed by atoms with van der Waals surface area (Å²) in [5.74, 6) is 1.48. The Kier molecular flexibility index (Phi) is 8.16. The van der Waals surface area contributed by atoms with E-state index in [2.05, 4.69) is 10.2 Å². The third-order valence-corrected chi connectivity index (χ3v) is 4.61. The van der Waals surface area contributed by atoms with E-state index in [9.17, 15) is 4.79 Å². The van der Waals surface area contributed by atoms with Gasteiger partial charge in [-0.1, -0.05) is 18.2 Å². The predicted molar refractivity (Wildman–Crippen MR) is 106 cm³/mol. The van der Waals surface area contributed by atoms with Crippen LogP contribution in [0.4, 0.5) is 0 Å². The molecule has 2 heterocycles. The molecule has 0 aliphatic carbocycles. The van der Waals surface area contributed by atoms with Gasteiger partial charge in [0.15, 0.2) is 6.61 Å². The highest BCUT2D eigenvalue weighted by atomic mass is 35.5. The van der Waals surface area contributed by atoms with Crippen LogP contribution in [0.15, 0.2) is 41.0 Å². The molecule has 1 fully saturated rings. The van der Waals surface area contributed by atoms with E-state index in [0.29, 0.717) is 19.8 Å². The molecule has 6 nitrogen and oxygen atoms in total.